The van der Waals surface area contributed by atoms with E-state index in [1.807, 2.05) is 37.3 Å². The lowest BCUT2D eigenvalue weighted by molar-refractivity contribution is -0.118. The molecule has 0 saturated carbocycles. The molecule has 0 aliphatic carbocycles. The van der Waals surface area contributed by atoms with Crippen LogP contribution in [0.5, 0.6) is 5.75 Å². The van der Waals surface area contributed by atoms with Crippen molar-refractivity contribution in [1.29, 1.82) is 0 Å². The number of benzene rings is 3. The van der Waals surface area contributed by atoms with Crippen LogP contribution in [-0.4, -0.2) is 34.5 Å². The number of nitrogens with one attached hydrogen (secondary N) is 1. The van der Waals surface area contributed by atoms with Gasteiger partial charge in [0.25, 0.3) is 11.5 Å². The average Bonchev–Trinajstić information content (AvgIpc) is 2.84. The van der Waals surface area contributed by atoms with Gasteiger partial charge in [-0.3, -0.25) is 14.2 Å². The van der Waals surface area contributed by atoms with Crippen LogP contribution in [0, 0.1) is 6.92 Å². The predicted octanol–water partition coefficient (Wildman–Crippen LogP) is 3.95. The quantitative estimate of drug-likeness (QED) is 0.196. The van der Waals surface area contributed by atoms with Crippen LogP contribution in [0.15, 0.2) is 87.8 Å². The van der Waals surface area contributed by atoms with Gasteiger partial charge in [0.15, 0.2) is 5.16 Å². The second-order valence-electron chi connectivity index (χ2n) is 7.19. The molecule has 1 aromatic heterocycles. The van der Waals surface area contributed by atoms with E-state index < -0.39 is 0 Å². The number of fused-ring (bicyclic) bond motifs is 1. The minimum absolute atomic E-state index is 0.0477. The first-order valence-corrected chi connectivity index (χ1v) is 11.2. The normalized spacial score (nSPS) is 11.1. The lowest BCUT2D eigenvalue weighted by Gasteiger charge is -2.13. The molecule has 33 heavy (non-hydrogen) atoms. The minimum Gasteiger partial charge on any atom is -0.497 e. The lowest BCUT2D eigenvalue weighted by atomic mass is 10.1. The Bertz CT molecular complexity index is 1380. The highest BCUT2D eigenvalue weighted by Crippen LogP contribution is 2.22. The zero-order valence-electron chi connectivity index (χ0n) is 18.2. The maximum atomic E-state index is 13.3. The Morgan fingerprint density at radius 1 is 1.09 bits per heavy atom. The van der Waals surface area contributed by atoms with Gasteiger partial charge in [0.1, 0.15) is 5.75 Å². The predicted molar refractivity (Wildman–Crippen MR) is 132 cm³/mol. The van der Waals surface area contributed by atoms with Gasteiger partial charge in [0, 0.05) is 0 Å². The first-order chi connectivity index (χ1) is 16.1. The van der Waals surface area contributed by atoms with E-state index in [0.29, 0.717) is 27.5 Å². The summed E-state index contributed by atoms with van der Waals surface area (Å²) in [6, 6.07) is 22.0. The molecule has 7 nitrogen and oxygen atoms in total. The van der Waals surface area contributed by atoms with Crippen molar-refractivity contribution in [2.45, 2.75) is 12.1 Å². The Labute approximate surface area is 195 Å². The smallest absolute Gasteiger partial charge is 0.266 e. The van der Waals surface area contributed by atoms with Crippen LogP contribution in [0.3, 0.4) is 0 Å². The molecular formula is C25H22N4O3S. The number of hydrogen-bond acceptors (Lipinski definition) is 6. The van der Waals surface area contributed by atoms with Crippen LogP contribution < -0.4 is 15.7 Å². The number of hydrazone groups is 1. The number of carbonyl (C=O) groups excluding carboxylic acids is 1. The Hall–Kier alpha value is -3.91. The Morgan fingerprint density at radius 2 is 1.82 bits per heavy atom. The first kappa shape index (κ1) is 22.3. The van der Waals surface area contributed by atoms with Crippen molar-refractivity contribution in [3.05, 3.63) is 94.3 Å². The number of amides is 1. The van der Waals surface area contributed by atoms with Gasteiger partial charge in [-0.15, -0.1) is 0 Å². The Balaban J connectivity index is 1.58. The molecule has 1 heterocycles. The van der Waals surface area contributed by atoms with Gasteiger partial charge < -0.3 is 4.74 Å². The largest absolute Gasteiger partial charge is 0.497 e. The number of ether oxygens (including phenoxy) is 1. The second kappa shape index (κ2) is 10.1. The van der Waals surface area contributed by atoms with Crippen LogP contribution >= 0.6 is 11.8 Å². The monoisotopic (exact) mass is 458 g/mol. The van der Waals surface area contributed by atoms with E-state index in [0.717, 1.165) is 11.1 Å². The summed E-state index contributed by atoms with van der Waals surface area (Å²) >= 11 is 1.17. The number of aromatic nitrogens is 2. The fourth-order valence-corrected chi connectivity index (χ4v) is 4.04. The molecule has 0 bridgehead atoms. The van der Waals surface area contributed by atoms with Crippen LogP contribution in [-0.2, 0) is 4.79 Å². The molecule has 0 radical (unpaired) electrons. The minimum atomic E-state index is -0.298. The summed E-state index contributed by atoms with van der Waals surface area (Å²) in [4.78, 5) is 30.3. The van der Waals surface area contributed by atoms with Gasteiger partial charge in [-0.2, -0.15) is 5.10 Å². The molecule has 0 unspecified atom stereocenters. The Kier molecular flexibility index (Phi) is 6.85. The molecule has 4 aromatic rings. The van der Waals surface area contributed by atoms with Crippen molar-refractivity contribution in [2.75, 3.05) is 12.9 Å². The third-order valence-electron chi connectivity index (χ3n) is 4.99. The number of aryl methyl sites for hydroxylation is 1. The molecule has 3 aromatic carbocycles. The number of carbonyl (C=O) groups is 1. The molecular weight excluding hydrogens is 436 g/mol. The van der Waals surface area contributed by atoms with Gasteiger partial charge in [0.2, 0.25) is 0 Å². The third-order valence-corrected chi connectivity index (χ3v) is 5.93. The zero-order chi connectivity index (χ0) is 23.2. The maximum absolute atomic E-state index is 13.3. The summed E-state index contributed by atoms with van der Waals surface area (Å²) in [6.07, 6.45) is 1.61. The van der Waals surface area contributed by atoms with Crippen LogP contribution in [0.25, 0.3) is 16.6 Å². The van der Waals surface area contributed by atoms with Crippen molar-refractivity contribution in [1.82, 2.24) is 15.0 Å². The fraction of sp³-hybridized carbons (Fsp3) is 0.120. The van der Waals surface area contributed by atoms with Gasteiger partial charge in [-0.25, -0.2) is 10.4 Å². The number of thioether (sulfide) groups is 1. The van der Waals surface area contributed by atoms with E-state index >= 15 is 0 Å². The lowest BCUT2D eigenvalue weighted by Crippen LogP contribution is -2.24. The highest BCUT2D eigenvalue weighted by Gasteiger charge is 2.15. The first-order valence-electron chi connectivity index (χ1n) is 10.2. The summed E-state index contributed by atoms with van der Waals surface area (Å²) in [5, 5.41) is 4.96. The summed E-state index contributed by atoms with van der Waals surface area (Å²) in [6.45, 7) is 1.98. The van der Waals surface area contributed by atoms with Gasteiger partial charge in [-0.05, 0) is 54.4 Å². The fourth-order valence-electron chi connectivity index (χ4n) is 3.24. The molecule has 1 amide bonds. The van der Waals surface area contributed by atoms with E-state index in [1.54, 1.807) is 55.8 Å². The van der Waals surface area contributed by atoms with Crippen molar-refractivity contribution < 1.29 is 9.53 Å². The molecule has 4 rings (SSSR count). The number of methoxy groups -OCH3 is 1. The molecule has 0 aliphatic rings. The molecule has 0 aliphatic heterocycles. The SMILES string of the molecule is COc1ccc(-n2c(SCC(=O)N/N=C/c3ccccc3C)nc3ccccc3c2=O)cc1. The molecule has 166 valence electrons. The summed E-state index contributed by atoms with van der Waals surface area (Å²) in [5.41, 5.74) is 5.53. The standard InChI is InChI=1S/C25H22N4O3S/c1-17-7-3-4-8-18(17)15-26-28-23(30)16-33-25-27-22-10-6-5-9-21(22)24(31)29(25)19-11-13-20(32-2)14-12-19/h3-15H,16H2,1-2H3,(H,28,30)/b26-15+. The molecule has 1 N–H and O–H groups in total. The zero-order valence-corrected chi connectivity index (χ0v) is 19.0. The summed E-state index contributed by atoms with van der Waals surface area (Å²) in [7, 11) is 1.58. The third kappa shape index (κ3) is 5.12. The number of para-hydroxylation sites is 1. The number of rotatable bonds is 7. The van der Waals surface area contributed by atoms with Crippen LogP contribution in [0.2, 0.25) is 0 Å². The molecule has 8 heteroatoms. The average molecular weight is 459 g/mol. The molecule has 0 spiro atoms. The number of nitrogens with zero attached hydrogens (tertiary/aromatic N) is 3. The highest BCUT2D eigenvalue weighted by molar-refractivity contribution is 7.99. The highest BCUT2D eigenvalue weighted by atomic mass is 32.2. The summed E-state index contributed by atoms with van der Waals surface area (Å²) < 4.78 is 6.73. The van der Waals surface area contributed by atoms with E-state index in [1.165, 1.54) is 16.3 Å². The Morgan fingerprint density at radius 3 is 2.58 bits per heavy atom. The number of hydrogen-bond donors (Lipinski definition) is 1. The molecule has 0 atom stereocenters. The molecule has 0 fully saturated rings. The van der Waals surface area contributed by atoms with Crippen molar-refractivity contribution >= 4 is 34.8 Å². The van der Waals surface area contributed by atoms with E-state index in [4.69, 9.17) is 4.74 Å². The van der Waals surface area contributed by atoms with Gasteiger partial charge >= 0.3 is 0 Å². The van der Waals surface area contributed by atoms with Crippen LogP contribution in [0.4, 0.5) is 0 Å². The second-order valence-corrected chi connectivity index (χ2v) is 8.13. The van der Waals surface area contributed by atoms with E-state index in [9.17, 15) is 9.59 Å². The van der Waals surface area contributed by atoms with Crippen LogP contribution in [0.1, 0.15) is 11.1 Å². The van der Waals surface area contributed by atoms with Crippen molar-refractivity contribution in [3.8, 4) is 11.4 Å². The topological polar surface area (TPSA) is 85.6 Å². The van der Waals surface area contributed by atoms with Gasteiger partial charge in [-0.1, -0.05) is 48.2 Å². The van der Waals surface area contributed by atoms with E-state index in [2.05, 4.69) is 15.5 Å². The molecule has 0 saturated heterocycles. The summed E-state index contributed by atoms with van der Waals surface area (Å²) in [5.74, 6) is 0.431. The maximum Gasteiger partial charge on any atom is 0.266 e. The van der Waals surface area contributed by atoms with Gasteiger partial charge in [0.05, 0.1) is 35.7 Å². The van der Waals surface area contributed by atoms with Crippen molar-refractivity contribution in [3.63, 3.8) is 0 Å². The van der Waals surface area contributed by atoms with E-state index in [-0.39, 0.29) is 17.2 Å². The van der Waals surface area contributed by atoms with Crippen molar-refractivity contribution in [2.24, 2.45) is 5.10 Å².